The molecule has 3 atom stereocenters. The Labute approximate surface area is 154 Å². The molecular weight excluding hydrogens is 324 g/mol. The van der Waals surface area contributed by atoms with Crippen molar-refractivity contribution in [3.63, 3.8) is 0 Å². The Morgan fingerprint density at radius 1 is 1.00 bits per heavy atom. The molecule has 3 aliphatic rings. The summed E-state index contributed by atoms with van der Waals surface area (Å²) in [5, 5.41) is 3.13. The van der Waals surface area contributed by atoms with Crippen molar-refractivity contribution < 1.29 is 9.21 Å². The van der Waals surface area contributed by atoms with E-state index < -0.39 is 0 Å². The maximum Gasteiger partial charge on any atom is 0.226 e. The number of oxazole rings is 1. The molecule has 1 N–H and O–H groups in total. The molecule has 1 aromatic heterocycles. The van der Waals surface area contributed by atoms with E-state index in [2.05, 4.69) is 38.2 Å². The predicted octanol–water partition coefficient (Wildman–Crippen LogP) is 4.29. The first kappa shape index (κ1) is 16.3. The van der Waals surface area contributed by atoms with Crippen LogP contribution in [-0.2, 0) is 23.1 Å². The summed E-state index contributed by atoms with van der Waals surface area (Å²) in [5.74, 6) is 1.01. The van der Waals surface area contributed by atoms with E-state index in [-0.39, 0.29) is 22.2 Å². The number of aromatic nitrogens is 1. The Hall–Kier alpha value is -1.84. The van der Waals surface area contributed by atoms with Gasteiger partial charge in [-0.3, -0.25) is 4.79 Å². The van der Waals surface area contributed by atoms with Gasteiger partial charge in [0.1, 0.15) is 5.52 Å². The van der Waals surface area contributed by atoms with Gasteiger partial charge in [0.2, 0.25) is 11.8 Å². The number of nitrogens with zero attached hydrogens (tertiary/aromatic N) is 1. The number of hydrogen-bond donors (Lipinski definition) is 1. The fourth-order valence-electron chi connectivity index (χ4n) is 6.29. The number of piperidine rings is 1. The second-order valence-electron chi connectivity index (χ2n) is 9.96. The third-order valence-corrected chi connectivity index (χ3v) is 7.01. The van der Waals surface area contributed by atoms with E-state index in [4.69, 9.17) is 9.40 Å². The molecule has 4 heteroatoms. The third kappa shape index (κ3) is 2.34. The molecule has 26 heavy (non-hydrogen) atoms. The van der Waals surface area contributed by atoms with Gasteiger partial charge in [-0.05, 0) is 73.6 Å². The van der Waals surface area contributed by atoms with Crippen LogP contribution in [0.25, 0.3) is 11.1 Å². The minimum Gasteiger partial charge on any atom is -0.440 e. The van der Waals surface area contributed by atoms with Crippen molar-refractivity contribution >= 4 is 17.0 Å². The number of aryl methyl sites for hydroxylation is 2. The fraction of sp³-hybridized carbons (Fsp3) is 0.636. The van der Waals surface area contributed by atoms with Crippen LogP contribution in [0.4, 0.5) is 0 Å². The number of benzene rings is 1. The third-order valence-electron chi connectivity index (χ3n) is 7.01. The lowest BCUT2D eigenvalue weighted by Crippen LogP contribution is -2.59. The number of nitrogens with one attached hydrogen (secondary N) is 1. The Balaban J connectivity index is 1.59. The average molecular weight is 352 g/mol. The van der Waals surface area contributed by atoms with Crippen LogP contribution in [-0.4, -0.2) is 17.4 Å². The molecule has 4 nitrogen and oxygen atoms in total. The van der Waals surface area contributed by atoms with Crippen LogP contribution in [0.5, 0.6) is 0 Å². The molecule has 1 aromatic carbocycles. The van der Waals surface area contributed by atoms with E-state index in [1.54, 1.807) is 0 Å². The molecule has 138 valence electrons. The highest BCUT2D eigenvalue weighted by Crippen LogP contribution is 2.56. The maximum absolute atomic E-state index is 12.6. The number of carbonyl (C=O) groups is 1. The summed E-state index contributed by atoms with van der Waals surface area (Å²) in [6.07, 6.45) is 7.60. The highest BCUT2D eigenvalue weighted by atomic mass is 16.3. The number of hydrogen-bond acceptors (Lipinski definition) is 3. The number of amides is 1. The Morgan fingerprint density at radius 3 is 2.46 bits per heavy atom. The first-order valence-corrected chi connectivity index (χ1v) is 10.00. The zero-order valence-electron chi connectivity index (χ0n) is 16.1. The van der Waals surface area contributed by atoms with E-state index in [1.165, 1.54) is 24.0 Å². The topological polar surface area (TPSA) is 55.1 Å². The second kappa shape index (κ2) is 5.11. The minimum atomic E-state index is -0.333. The largest absolute Gasteiger partial charge is 0.440 e. The standard InChI is InChI=1S/C22H28N2O2/c1-20-10-21(2,18(25)23-13-20)12-22(3,11-20)19-24-16-8-14-6-4-5-7-15(14)9-17(16)26-19/h8-9H,4-7,10-13H2,1-3H3,(H,23,25)/t20-,21+,22-/m1/s1. The maximum atomic E-state index is 12.6. The quantitative estimate of drug-likeness (QED) is 0.833. The second-order valence-corrected chi connectivity index (χ2v) is 9.96. The van der Waals surface area contributed by atoms with Crippen molar-refractivity contribution in [2.75, 3.05) is 6.54 Å². The van der Waals surface area contributed by atoms with Crippen molar-refractivity contribution in [1.29, 1.82) is 0 Å². The van der Waals surface area contributed by atoms with Gasteiger partial charge in [-0.25, -0.2) is 4.98 Å². The molecule has 2 bridgehead atoms. The molecule has 2 aliphatic carbocycles. The molecule has 0 radical (unpaired) electrons. The van der Waals surface area contributed by atoms with Crippen LogP contribution < -0.4 is 5.32 Å². The van der Waals surface area contributed by atoms with Crippen molar-refractivity contribution in [2.45, 2.75) is 71.1 Å². The molecule has 2 fully saturated rings. The first-order chi connectivity index (χ1) is 12.3. The zero-order valence-corrected chi connectivity index (χ0v) is 16.1. The van der Waals surface area contributed by atoms with E-state index in [1.807, 2.05) is 0 Å². The number of rotatable bonds is 1. The summed E-state index contributed by atoms with van der Waals surface area (Å²) in [6, 6.07) is 4.45. The molecule has 5 rings (SSSR count). The van der Waals surface area contributed by atoms with Gasteiger partial charge in [0.15, 0.2) is 5.58 Å². The minimum absolute atomic E-state index is 0.107. The van der Waals surface area contributed by atoms with Gasteiger partial charge < -0.3 is 9.73 Å². The molecule has 1 saturated heterocycles. The van der Waals surface area contributed by atoms with Gasteiger partial charge in [-0.1, -0.05) is 20.8 Å². The average Bonchev–Trinajstić information content (AvgIpc) is 2.99. The van der Waals surface area contributed by atoms with Crippen LogP contribution in [0, 0.1) is 10.8 Å². The lowest BCUT2D eigenvalue weighted by molar-refractivity contribution is -0.143. The van der Waals surface area contributed by atoms with Crippen LogP contribution in [0.1, 0.15) is 69.9 Å². The SMILES string of the molecule is C[C@@]12CNC(=O)[C@@](C)(C1)C[C@](C)(c1nc3cc4c(cc3o1)CCCC4)C2. The van der Waals surface area contributed by atoms with Crippen molar-refractivity contribution in [3.05, 3.63) is 29.2 Å². The zero-order chi connectivity index (χ0) is 18.2. The molecule has 1 aliphatic heterocycles. The Bertz CT molecular complexity index is 873. The van der Waals surface area contributed by atoms with E-state index in [0.717, 1.165) is 55.6 Å². The van der Waals surface area contributed by atoms with Crippen LogP contribution >= 0.6 is 0 Å². The highest BCUT2D eigenvalue weighted by Gasteiger charge is 2.57. The molecule has 1 amide bonds. The molecule has 0 unspecified atom stereocenters. The predicted molar refractivity (Wildman–Crippen MR) is 101 cm³/mol. The molecule has 1 saturated carbocycles. The lowest BCUT2D eigenvalue weighted by Gasteiger charge is -2.54. The van der Waals surface area contributed by atoms with Crippen molar-refractivity contribution in [3.8, 4) is 0 Å². The fourth-order valence-corrected chi connectivity index (χ4v) is 6.29. The normalized spacial score (nSPS) is 36.7. The van der Waals surface area contributed by atoms with Gasteiger partial charge in [-0.2, -0.15) is 0 Å². The van der Waals surface area contributed by atoms with Gasteiger partial charge in [0.05, 0.1) is 0 Å². The lowest BCUT2D eigenvalue weighted by atomic mass is 9.52. The highest BCUT2D eigenvalue weighted by molar-refractivity contribution is 5.84. The van der Waals surface area contributed by atoms with Crippen molar-refractivity contribution in [1.82, 2.24) is 10.3 Å². The Kier molecular flexibility index (Phi) is 3.21. The summed E-state index contributed by atoms with van der Waals surface area (Å²) < 4.78 is 6.32. The van der Waals surface area contributed by atoms with Crippen LogP contribution in [0.15, 0.2) is 16.5 Å². The van der Waals surface area contributed by atoms with E-state index in [0.29, 0.717) is 0 Å². The molecule has 2 heterocycles. The monoisotopic (exact) mass is 352 g/mol. The van der Waals surface area contributed by atoms with Gasteiger partial charge in [0.25, 0.3) is 0 Å². The molecular formula is C22H28N2O2. The van der Waals surface area contributed by atoms with Crippen LogP contribution in [0.2, 0.25) is 0 Å². The van der Waals surface area contributed by atoms with E-state index >= 15 is 0 Å². The summed E-state index contributed by atoms with van der Waals surface area (Å²) in [5.41, 5.74) is 4.34. The number of fused-ring (bicyclic) bond motifs is 4. The van der Waals surface area contributed by atoms with Crippen molar-refractivity contribution in [2.24, 2.45) is 10.8 Å². The summed E-state index contributed by atoms with van der Waals surface area (Å²) in [7, 11) is 0. The Morgan fingerprint density at radius 2 is 1.69 bits per heavy atom. The first-order valence-electron chi connectivity index (χ1n) is 10.00. The smallest absolute Gasteiger partial charge is 0.226 e. The summed E-state index contributed by atoms with van der Waals surface area (Å²) in [6.45, 7) is 7.40. The van der Waals surface area contributed by atoms with E-state index in [9.17, 15) is 4.79 Å². The summed E-state index contributed by atoms with van der Waals surface area (Å²) >= 11 is 0. The van der Waals surface area contributed by atoms with Gasteiger partial charge >= 0.3 is 0 Å². The van der Waals surface area contributed by atoms with Crippen LogP contribution in [0.3, 0.4) is 0 Å². The number of carbonyl (C=O) groups excluding carboxylic acids is 1. The van der Waals surface area contributed by atoms with Gasteiger partial charge in [-0.15, -0.1) is 0 Å². The molecule has 2 aromatic rings. The molecule has 0 spiro atoms. The van der Waals surface area contributed by atoms with Gasteiger partial charge in [0, 0.05) is 17.4 Å². The summed E-state index contributed by atoms with van der Waals surface area (Å²) in [4.78, 5) is 17.5.